The van der Waals surface area contributed by atoms with Gasteiger partial charge in [0.1, 0.15) is 5.82 Å². The average Bonchev–Trinajstić information content (AvgIpc) is 2.87. The van der Waals surface area contributed by atoms with E-state index < -0.39 is 0 Å². The molecule has 0 aliphatic rings. The van der Waals surface area contributed by atoms with Crippen LogP contribution in [0.2, 0.25) is 0 Å². The number of aryl methyl sites for hydroxylation is 1. The van der Waals surface area contributed by atoms with Crippen LogP contribution in [0, 0.1) is 11.3 Å². The monoisotopic (exact) mass is 261 g/mol. The quantitative estimate of drug-likeness (QED) is 0.846. The Hall–Kier alpha value is -2.13. The Labute approximate surface area is 109 Å². The Bertz CT molecular complexity index is 589. The van der Waals surface area contributed by atoms with Crippen LogP contribution in [-0.2, 0) is 6.42 Å². The largest absolute Gasteiger partial charge is 0.493 e. The summed E-state index contributed by atoms with van der Waals surface area (Å²) >= 11 is 1.19. The molecule has 6 heteroatoms. The van der Waals surface area contributed by atoms with E-state index >= 15 is 0 Å². The van der Waals surface area contributed by atoms with Gasteiger partial charge in [-0.3, -0.25) is 0 Å². The highest BCUT2D eigenvalue weighted by molar-refractivity contribution is 7.07. The minimum Gasteiger partial charge on any atom is -0.493 e. The molecule has 0 radical (unpaired) electrons. The van der Waals surface area contributed by atoms with Gasteiger partial charge in [0.25, 0.3) is 5.19 Å². The van der Waals surface area contributed by atoms with Gasteiger partial charge in [-0.2, -0.15) is 14.6 Å². The van der Waals surface area contributed by atoms with Crippen LogP contribution in [-0.4, -0.2) is 16.5 Å². The van der Waals surface area contributed by atoms with E-state index in [9.17, 15) is 0 Å². The van der Waals surface area contributed by atoms with Gasteiger partial charge in [0.15, 0.2) is 11.5 Å². The summed E-state index contributed by atoms with van der Waals surface area (Å²) in [7, 11) is 1.53. The van der Waals surface area contributed by atoms with Gasteiger partial charge in [-0.25, -0.2) is 0 Å². The maximum Gasteiger partial charge on any atom is 0.298 e. The third-order valence-electron chi connectivity index (χ3n) is 2.26. The first kappa shape index (κ1) is 12.3. The fraction of sp³-hybridized carbons (Fsp3) is 0.250. The van der Waals surface area contributed by atoms with E-state index in [2.05, 4.69) is 9.36 Å². The molecule has 1 aromatic heterocycles. The number of methoxy groups -OCH3 is 1. The second-order valence-electron chi connectivity index (χ2n) is 3.41. The predicted molar refractivity (Wildman–Crippen MR) is 67.1 cm³/mol. The highest BCUT2D eigenvalue weighted by atomic mass is 32.1. The second kappa shape index (κ2) is 5.47. The van der Waals surface area contributed by atoms with Crippen LogP contribution in [0.15, 0.2) is 18.2 Å². The lowest BCUT2D eigenvalue weighted by Crippen LogP contribution is -1.91. The van der Waals surface area contributed by atoms with Gasteiger partial charge in [-0.05, 0) is 12.1 Å². The molecular weight excluding hydrogens is 250 g/mol. The molecule has 18 heavy (non-hydrogen) atoms. The van der Waals surface area contributed by atoms with Crippen LogP contribution in [0.3, 0.4) is 0 Å². The highest BCUT2D eigenvalue weighted by Crippen LogP contribution is 2.32. The van der Waals surface area contributed by atoms with E-state index in [0.29, 0.717) is 22.3 Å². The van der Waals surface area contributed by atoms with E-state index in [1.165, 1.54) is 18.6 Å². The van der Waals surface area contributed by atoms with Crippen molar-refractivity contribution < 1.29 is 9.47 Å². The molecule has 0 atom stereocenters. The molecule has 0 unspecified atom stereocenters. The first-order valence-electron chi connectivity index (χ1n) is 5.35. The van der Waals surface area contributed by atoms with E-state index in [-0.39, 0.29) is 0 Å². The normalized spacial score (nSPS) is 9.83. The number of aromatic nitrogens is 2. The van der Waals surface area contributed by atoms with Crippen molar-refractivity contribution in [3.05, 3.63) is 29.6 Å². The molecule has 5 nitrogen and oxygen atoms in total. The number of hydrogen-bond donors (Lipinski definition) is 0. The fourth-order valence-corrected chi connectivity index (χ4v) is 1.97. The van der Waals surface area contributed by atoms with Gasteiger partial charge in [0, 0.05) is 24.0 Å². The Kier molecular flexibility index (Phi) is 3.75. The summed E-state index contributed by atoms with van der Waals surface area (Å²) in [6.07, 6.45) is 0.768. The molecule has 0 saturated carbocycles. The first-order chi connectivity index (χ1) is 8.76. The summed E-state index contributed by atoms with van der Waals surface area (Å²) < 4.78 is 14.9. The number of hydrogen-bond acceptors (Lipinski definition) is 6. The van der Waals surface area contributed by atoms with Crippen LogP contribution in [0.4, 0.5) is 0 Å². The minimum absolute atomic E-state index is 0.467. The zero-order valence-electron chi connectivity index (χ0n) is 10.0. The molecule has 0 bridgehead atoms. The third-order valence-corrected chi connectivity index (χ3v) is 2.89. The van der Waals surface area contributed by atoms with Crippen molar-refractivity contribution >= 4 is 11.5 Å². The molecular formula is C12H11N3O2S. The number of benzene rings is 1. The van der Waals surface area contributed by atoms with E-state index in [4.69, 9.17) is 14.7 Å². The van der Waals surface area contributed by atoms with Gasteiger partial charge in [0.2, 0.25) is 0 Å². The topological polar surface area (TPSA) is 68.0 Å². The fourth-order valence-electron chi connectivity index (χ4n) is 1.34. The smallest absolute Gasteiger partial charge is 0.298 e. The van der Waals surface area contributed by atoms with Crippen LogP contribution in [0.1, 0.15) is 18.3 Å². The molecule has 1 heterocycles. The molecule has 0 N–H and O–H groups in total. The van der Waals surface area contributed by atoms with E-state index in [1.807, 2.05) is 13.0 Å². The van der Waals surface area contributed by atoms with Crippen molar-refractivity contribution in [1.82, 2.24) is 9.36 Å². The molecule has 1 aromatic carbocycles. The van der Waals surface area contributed by atoms with Crippen molar-refractivity contribution in [2.24, 2.45) is 0 Å². The zero-order chi connectivity index (χ0) is 13.0. The number of nitriles is 1. The van der Waals surface area contributed by atoms with E-state index in [1.54, 1.807) is 18.2 Å². The summed E-state index contributed by atoms with van der Waals surface area (Å²) in [4.78, 5) is 4.21. The zero-order valence-corrected chi connectivity index (χ0v) is 10.8. The molecule has 0 spiro atoms. The Morgan fingerprint density at radius 3 is 2.83 bits per heavy atom. The molecule has 0 aliphatic heterocycles. The Balaban J connectivity index is 2.25. The third kappa shape index (κ3) is 2.57. The summed E-state index contributed by atoms with van der Waals surface area (Å²) in [5.74, 6) is 1.78. The van der Waals surface area contributed by atoms with E-state index in [0.717, 1.165) is 12.2 Å². The van der Waals surface area contributed by atoms with Crippen molar-refractivity contribution in [3.63, 3.8) is 0 Å². The van der Waals surface area contributed by atoms with Crippen molar-refractivity contribution in [2.75, 3.05) is 7.11 Å². The summed E-state index contributed by atoms with van der Waals surface area (Å²) in [6.45, 7) is 1.98. The Morgan fingerprint density at radius 1 is 1.39 bits per heavy atom. The number of rotatable bonds is 4. The van der Waals surface area contributed by atoms with Crippen LogP contribution >= 0.6 is 11.5 Å². The number of ether oxygens (including phenoxy) is 2. The van der Waals surface area contributed by atoms with Crippen molar-refractivity contribution in [1.29, 1.82) is 5.26 Å². The SMILES string of the molecule is CCc1nsc(Oc2ccc(C#N)cc2OC)n1. The standard InChI is InChI=1S/C12H11N3O2S/c1-3-11-14-12(18-15-11)17-9-5-4-8(7-13)6-10(9)16-2/h4-6H,3H2,1-2H3. The lowest BCUT2D eigenvalue weighted by molar-refractivity contribution is 0.378. The average molecular weight is 261 g/mol. The maximum atomic E-state index is 8.81. The lowest BCUT2D eigenvalue weighted by Gasteiger charge is -2.07. The highest BCUT2D eigenvalue weighted by Gasteiger charge is 2.10. The predicted octanol–water partition coefficient (Wildman–Crippen LogP) is 2.77. The maximum absolute atomic E-state index is 8.81. The summed E-state index contributed by atoms with van der Waals surface area (Å²) in [5, 5.41) is 9.27. The molecule has 92 valence electrons. The van der Waals surface area contributed by atoms with Gasteiger partial charge < -0.3 is 9.47 Å². The first-order valence-corrected chi connectivity index (χ1v) is 6.12. The van der Waals surface area contributed by atoms with Crippen LogP contribution in [0.25, 0.3) is 0 Å². The van der Waals surface area contributed by atoms with Crippen molar-refractivity contribution in [3.8, 4) is 22.8 Å². The van der Waals surface area contributed by atoms with Gasteiger partial charge in [-0.15, -0.1) is 0 Å². The lowest BCUT2D eigenvalue weighted by atomic mass is 10.2. The Morgan fingerprint density at radius 2 is 2.22 bits per heavy atom. The van der Waals surface area contributed by atoms with Crippen LogP contribution in [0.5, 0.6) is 16.7 Å². The summed E-state index contributed by atoms with van der Waals surface area (Å²) in [5.41, 5.74) is 0.519. The molecule has 0 fully saturated rings. The van der Waals surface area contributed by atoms with Gasteiger partial charge in [0.05, 0.1) is 18.7 Å². The minimum atomic E-state index is 0.467. The van der Waals surface area contributed by atoms with Gasteiger partial charge >= 0.3 is 0 Å². The van der Waals surface area contributed by atoms with Crippen molar-refractivity contribution in [2.45, 2.75) is 13.3 Å². The molecule has 0 amide bonds. The van der Waals surface area contributed by atoms with Gasteiger partial charge in [-0.1, -0.05) is 6.92 Å². The summed E-state index contributed by atoms with van der Waals surface area (Å²) in [6, 6.07) is 7.02. The molecule has 2 aromatic rings. The van der Waals surface area contributed by atoms with Crippen LogP contribution < -0.4 is 9.47 Å². The molecule has 2 rings (SSSR count). The molecule has 0 saturated heterocycles. The molecule has 0 aliphatic carbocycles. The number of nitrogens with zero attached hydrogens (tertiary/aromatic N) is 3. The second-order valence-corrected chi connectivity index (χ2v) is 4.12.